The largest absolute Gasteiger partial charge is 0.465 e. The van der Waals surface area contributed by atoms with Gasteiger partial charge in [0.15, 0.2) is 5.82 Å². The average molecular weight is 195 g/mol. The third kappa shape index (κ3) is 1.26. The van der Waals surface area contributed by atoms with Crippen molar-refractivity contribution in [2.24, 2.45) is 0 Å². The van der Waals surface area contributed by atoms with Crippen LogP contribution in [0.1, 0.15) is 0 Å². The van der Waals surface area contributed by atoms with Crippen LogP contribution in [0.25, 0.3) is 10.9 Å². The van der Waals surface area contributed by atoms with Gasteiger partial charge in [-0.1, -0.05) is 0 Å². The minimum Gasteiger partial charge on any atom is -0.465 e. The Labute approximate surface area is 77.6 Å². The second-order valence-electron chi connectivity index (χ2n) is 2.68. The van der Waals surface area contributed by atoms with Crippen molar-refractivity contribution >= 4 is 22.7 Å². The van der Waals surface area contributed by atoms with Gasteiger partial charge in [0.25, 0.3) is 0 Å². The van der Waals surface area contributed by atoms with E-state index in [1.165, 1.54) is 12.4 Å². The fraction of sp³-hybridized carbons (Fsp3) is 0. The monoisotopic (exact) mass is 195 g/mol. The number of H-pyrrole nitrogens is 1. The quantitative estimate of drug-likeness (QED) is 0.649. The molecule has 0 aliphatic heterocycles. The van der Waals surface area contributed by atoms with Crippen molar-refractivity contribution in [3.63, 3.8) is 0 Å². The summed E-state index contributed by atoms with van der Waals surface area (Å²) in [5.74, 6) is -0.513. The maximum Gasteiger partial charge on any atom is 0.409 e. The molecule has 0 atom stereocenters. The van der Waals surface area contributed by atoms with E-state index >= 15 is 0 Å². The fourth-order valence-corrected chi connectivity index (χ4v) is 1.23. The molecule has 0 aromatic carbocycles. The van der Waals surface area contributed by atoms with Crippen LogP contribution in [0.3, 0.4) is 0 Å². The lowest BCUT2D eigenvalue weighted by molar-refractivity contribution is 0.210. The molecule has 1 amide bonds. The molecule has 0 fully saturated rings. The predicted octanol–water partition coefficient (Wildman–Crippen LogP) is 1.79. The predicted molar refractivity (Wildman–Crippen MR) is 47.7 cm³/mol. The summed E-state index contributed by atoms with van der Waals surface area (Å²) in [5, 5.41) is 11.0. The van der Waals surface area contributed by atoms with Gasteiger partial charge in [-0.05, 0) is 0 Å². The number of aromatic nitrogens is 2. The molecule has 5 nitrogen and oxygen atoms in total. The second kappa shape index (κ2) is 2.99. The van der Waals surface area contributed by atoms with Crippen LogP contribution in [0.5, 0.6) is 0 Å². The molecule has 0 aliphatic carbocycles. The van der Waals surface area contributed by atoms with E-state index in [1.807, 2.05) is 0 Å². The van der Waals surface area contributed by atoms with Crippen molar-refractivity contribution in [3.05, 3.63) is 24.4 Å². The summed E-state index contributed by atoms with van der Waals surface area (Å²) in [5.41, 5.74) is 0.531. The van der Waals surface area contributed by atoms with Gasteiger partial charge in [0.2, 0.25) is 0 Å². The van der Waals surface area contributed by atoms with Gasteiger partial charge in [-0.25, -0.2) is 9.18 Å². The highest BCUT2D eigenvalue weighted by atomic mass is 19.1. The maximum absolute atomic E-state index is 13.1. The number of amides is 1. The molecule has 0 spiro atoms. The lowest BCUT2D eigenvalue weighted by Gasteiger charge is -1.96. The molecule has 0 unspecified atom stereocenters. The molecule has 0 saturated heterocycles. The summed E-state index contributed by atoms with van der Waals surface area (Å²) in [6.07, 6.45) is 2.63. The van der Waals surface area contributed by atoms with Crippen molar-refractivity contribution in [1.29, 1.82) is 0 Å². The minimum absolute atomic E-state index is 0.240. The summed E-state index contributed by atoms with van der Waals surface area (Å²) >= 11 is 0. The Kier molecular flexibility index (Phi) is 1.81. The first-order chi connectivity index (χ1) is 6.68. The lowest BCUT2D eigenvalue weighted by Crippen LogP contribution is -2.06. The minimum atomic E-state index is -1.20. The molecule has 0 saturated carbocycles. The van der Waals surface area contributed by atoms with Crippen molar-refractivity contribution in [1.82, 2.24) is 9.97 Å². The Morgan fingerprint density at radius 1 is 1.57 bits per heavy atom. The van der Waals surface area contributed by atoms with Crippen LogP contribution in [0.15, 0.2) is 18.6 Å². The molecule has 6 heteroatoms. The van der Waals surface area contributed by atoms with Gasteiger partial charge in [-0.2, -0.15) is 0 Å². The van der Waals surface area contributed by atoms with Crippen LogP contribution in [0.2, 0.25) is 0 Å². The van der Waals surface area contributed by atoms with E-state index in [9.17, 15) is 9.18 Å². The first-order valence-corrected chi connectivity index (χ1v) is 3.79. The Balaban J connectivity index is 2.58. The fourth-order valence-electron chi connectivity index (χ4n) is 1.23. The second-order valence-corrected chi connectivity index (χ2v) is 2.68. The molecule has 14 heavy (non-hydrogen) atoms. The number of halogens is 1. The first-order valence-electron chi connectivity index (χ1n) is 3.79. The van der Waals surface area contributed by atoms with Crippen molar-refractivity contribution in [3.8, 4) is 0 Å². The normalized spacial score (nSPS) is 10.4. The summed E-state index contributed by atoms with van der Waals surface area (Å²) in [6.45, 7) is 0. The highest BCUT2D eigenvalue weighted by molar-refractivity contribution is 5.98. The highest BCUT2D eigenvalue weighted by Gasteiger charge is 2.09. The molecule has 2 rings (SSSR count). The Hall–Kier alpha value is -2.11. The Morgan fingerprint density at radius 2 is 2.36 bits per heavy atom. The molecule has 3 N–H and O–H groups in total. The first kappa shape index (κ1) is 8.49. The van der Waals surface area contributed by atoms with Crippen LogP contribution in [-0.4, -0.2) is 21.2 Å². The van der Waals surface area contributed by atoms with Crippen molar-refractivity contribution in [2.45, 2.75) is 0 Å². The maximum atomic E-state index is 13.1. The van der Waals surface area contributed by atoms with Gasteiger partial charge in [0.05, 0.1) is 17.4 Å². The Bertz CT molecular complexity index is 494. The van der Waals surface area contributed by atoms with Gasteiger partial charge >= 0.3 is 6.09 Å². The van der Waals surface area contributed by atoms with Crippen LogP contribution >= 0.6 is 0 Å². The molecule has 0 bridgehead atoms. The number of carboxylic acid groups (broad SMARTS) is 1. The van der Waals surface area contributed by atoms with E-state index in [0.29, 0.717) is 11.1 Å². The summed E-state index contributed by atoms with van der Waals surface area (Å²) < 4.78 is 13.1. The number of hydrogen-bond acceptors (Lipinski definition) is 2. The number of pyridine rings is 1. The average Bonchev–Trinajstić information content (AvgIpc) is 2.49. The van der Waals surface area contributed by atoms with E-state index in [2.05, 4.69) is 15.3 Å². The smallest absolute Gasteiger partial charge is 0.409 e. The third-order valence-electron chi connectivity index (χ3n) is 1.79. The van der Waals surface area contributed by atoms with E-state index in [-0.39, 0.29) is 5.52 Å². The zero-order chi connectivity index (χ0) is 10.1. The molecule has 2 aromatic rings. The summed E-state index contributed by atoms with van der Waals surface area (Å²) in [4.78, 5) is 16.6. The van der Waals surface area contributed by atoms with Gasteiger partial charge in [0.1, 0.15) is 0 Å². The SMILES string of the molecule is O=C(O)Nc1c[nH]c2c(F)cncc12. The molecule has 0 radical (unpaired) electrons. The number of rotatable bonds is 1. The standard InChI is InChI=1S/C8H6FN3O2/c9-5-2-10-1-4-6(12-8(13)14)3-11-7(4)5/h1-3,11-12H,(H,13,14). The molecular weight excluding hydrogens is 189 g/mol. The molecular formula is C8H6FN3O2. The number of carbonyl (C=O) groups is 1. The zero-order valence-electron chi connectivity index (χ0n) is 6.91. The van der Waals surface area contributed by atoms with Crippen LogP contribution in [0, 0.1) is 5.82 Å². The number of nitrogens with zero attached hydrogens (tertiary/aromatic N) is 1. The number of aromatic amines is 1. The van der Waals surface area contributed by atoms with E-state index < -0.39 is 11.9 Å². The van der Waals surface area contributed by atoms with Crippen LogP contribution in [-0.2, 0) is 0 Å². The van der Waals surface area contributed by atoms with E-state index in [0.717, 1.165) is 6.20 Å². The molecule has 2 aromatic heterocycles. The zero-order valence-corrected chi connectivity index (χ0v) is 6.91. The topological polar surface area (TPSA) is 78.0 Å². The van der Waals surface area contributed by atoms with Crippen LogP contribution in [0.4, 0.5) is 14.9 Å². The molecule has 0 aliphatic rings. The van der Waals surface area contributed by atoms with Crippen molar-refractivity contribution < 1.29 is 14.3 Å². The molecule has 2 heterocycles. The third-order valence-corrected chi connectivity index (χ3v) is 1.79. The van der Waals surface area contributed by atoms with Crippen molar-refractivity contribution in [2.75, 3.05) is 5.32 Å². The number of hydrogen-bond donors (Lipinski definition) is 3. The van der Waals surface area contributed by atoms with E-state index in [4.69, 9.17) is 5.11 Å². The number of fused-ring (bicyclic) bond motifs is 1. The number of nitrogens with one attached hydrogen (secondary N) is 2. The Morgan fingerprint density at radius 3 is 3.07 bits per heavy atom. The van der Waals surface area contributed by atoms with Gasteiger partial charge in [-0.15, -0.1) is 0 Å². The van der Waals surface area contributed by atoms with Gasteiger partial charge in [-0.3, -0.25) is 10.3 Å². The van der Waals surface area contributed by atoms with E-state index in [1.54, 1.807) is 0 Å². The molecule has 72 valence electrons. The summed E-state index contributed by atoms with van der Waals surface area (Å²) in [6, 6.07) is 0. The van der Waals surface area contributed by atoms with Gasteiger partial charge < -0.3 is 10.1 Å². The number of anilines is 1. The lowest BCUT2D eigenvalue weighted by atomic mass is 10.3. The van der Waals surface area contributed by atoms with Gasteiger partial charge in [0, 0.05) is 17.8 Å². The summed E-state index contributed by atoms with van der Waals surface area (Å²) in [7, 11) is 0. The van der Waals surface area contributed by atoms with Crippen LogP contribution < -0.4 is 5.32 Å². The highest BCUT2D eigenvalue weighted by Crippen LogP contribution is 2.23.